The van der Waals surface area contributed by atoms with Crippen molar-refractivity contribution in [3.8, 4) is 0 Å². The van der Waals surface area contributed by atoms with Gasteiger partial charge in [-0.05, 0) is 42.2 Å². The number of fused-ring (bicyclic) bond motifs is 1. The van der Waals surface area contributed by atoms with Crippen molar-refractivity contribution in [1.29, 1.82) is 0 Å². The van der Waals surface area contributed by atoms with Gasteiger partial charge in [0.1, 0.15) is 11.9 Å². The number of carbonyl (C=O) groups is 1. The van der Waals surface area contributed by atoms with Gasteiger partial charge in [0, 0.05) is 18.7 Å². The highest BCUT2D eigenvalue weighted by Gasteiger charge is 2.29. The Balaban J connectivity index is 1.41. The Morgan fingerprint density at radius 1 is 1.20 bits per heavy atom. The highest BCUT2D eigenvalue weighted by molar-refractivity contribution is 6.02. The molecule has 5 heteroatoms. The van der Waals surface area contributed by atoms with E-state index in [0.29, 0.717) is 12.8 Å². The zero-order chi connectivity index (χ0) is 17.2. The third-order valence-electron chi connectivity index (χ3n) is 4.72. The van der Waals surface area contributed by atoms with Crippen molar-refractivity contribution in [3.63, 3.8) is 0 Å². The lowest BCUT2D eigenvalue weighted by Gasteiger charge is -2.30. The van der Waals surface area contributed by atoms with Crippen molar-refractivity contribution < 1.29 is 14.0 Å². The van der Waals surface area contributed by atoms with Crippen molar-refractivity contribution >= 4 is 17.3 Å². The van der Waals surface area contributed by atoms with Gasteiger partial charge in [-0.2, -0.15) is 0 Å². The second-order valence-electron chi connectivity index (χ2n) is 6.46. The lowest BCUT2D eigenvalue weighted by atomic mass is 10.00. The standard InChI is InChI=1S/C20H19FN2O2/c21-16-9-7-14(8-10-16)18-12-17(25-22-18)13-20(24)23-11-3-5-15-4-1-2-6-19(15)23/h1-2,4,6-10,17H,3,5,11-13H2/t17-/m1/s1. The normalized spacial score (nSPS) is 19.2. The highest BCUT2D eigenvalue weighted by atomic mass is 19.1. The van der Waals surface area contributed by atoms with Gasteiger partial charge in [-0.25, -0.2) is 4.39 Å². The maximum atomic E-state index is 13.0. The van der Waals surface area contributed by atoms with E-state index in [2.05, 4.69) is 11.2 Å². The number of anilines is 1. The molecule has 0 N–H and O–H groups in total. The monoisotopic (exact) mass is 338 g/mol. The van der Waals surface area contributed by atoms with Crippen molar-refractivity contribution in [2.45, 2.75) is 31.8 Å². The number of amides is 1. The first kappa shape index (κ1) is 15.8. The second-order valence-corrected chi connectivity index (χ2v) is 6.46. The highest BCUT2D eigenvalue weighted by Crippen LogP contribution is 2.28. The Morgan fingerprint density at radius 3 is 2.84 bits per heavy atom. The summed E-state index contributed by atoms with van der Waals surface area (Å²) in [5.74, 6) is -0.216. The van der Waals surface area contributed by atoms with E-state index in [9.17, 15) is 9.18 Å². The number of nitrogens with zero attached hydrogens (tertiary/aromatic N) is 2. The minimum absolute atomic E-state index is 0.0627. The van der Waals surface area contributed by atoms with Crippen LogP contribution in [0.1, 0.15) is 30.4 Å². The van der Waals surface area contributed by atoms with Crippen molar-refractivity contribution in [2.24, 2.45) is 5.16 Å². The van der Waals surface area contributed by atoms with E-state index < -0.39 is 0 Å². The second kappa shape index (κ2) is 6.67. The van der Waals surface area contributed by atoms with Crippen molar-refractivity contribution in [3.05, 3.63) is 65.5 Å². The third-order valence-corrected chi connectivity index (χ3v) is 4.72. The Hall–Kier alpha value is -2.69. The van der Waals surface area contributed by atoms with Gasteiger partial charge in [-0.15, -0.1) is 0 Å². The molecule has 25 heavy (non-hydrogen) atoms. The first-order valence-electron chi connectivity index (χ1n) is 8.57. The summed E-state index contributed by atoms with van der Waals surface area (Å²) in [6.45, 7) is 0.744. The fraction of sp³-hybridized carbons (Fsp3) is 0.300. The SMILES string of the molecule is O=C(C[C@H]1CC(c2ccc(F)cc2)=NO1)N1CCCc2ccccc21. The first-order valence-corrected chi connectivity index (χ1v) is 8.57. The van der Waals surface area contributed by atoms with Crippen LogP contribution in [0.15, 0.2) is 53.7 Å². The van der Waals surface area contributed by atoms with Gasteiger partial charge in [0.15, 0.2) is 0 Å². The van der Waals surface area contributed by atoms with E-state index in [1.54, 1.807) is 12.1 Å². The van der Waals surface area contributed by atoms with Gasteiger partial charge < -0.3 is 9.74 Å². The maximum absolute atomic E-state index is 13.0. The van der Waals surface area contributed by atoms with Gasteiger partial charge in [-0.3, -0.25) is 4.79 Å². The maximum Gasteiger partial charge on any atom is 0.230 e. The average Bonchev–Trinajstić information content (AvgIpc) is 3.10. The molecule has 2 aromatic carbocycles. The number of halogens is 1. The van der Waals surface area contributed by atoms with Crippen LogP contribution in [0.5, 0.6) is 0 Å². The summed E-state index contributed by atoms with van der Waals surface area (Å²) in [5.41, 5.74) is 3.82. The van der Waals surface area contributed by atoms with Crippen LogP contribution in [0.25, 0.3) is 0 Å². The fourth-order valence-corrected chi connectivity index (χ4v) is 3.45. The molecule has 0 saturated carbocycles. The van der Waals surface area contributed by atoms with Gasteiger partial charge in [-0.1, -0.05) is 35.5 Å². The molecule has 0 radical (unpaired) electrons. The van der Waals surface area contributed by atoms with Crippen LogP contribution in [-0.2, 0) is 16.1 Å². The molecule has 0 saturated heterocycles. The number of carbonyl (C=O) groups excluding carboxylic acids is 1. The van der Waals surface area contributed by atoms with E-state index in [1.165, 1.54) is 17.7 Å². The summed E-state index contributed by atoms with van der Waals surface area (Å²) < 4.78 is 13.0. The Morgan fingerprint density at radius 2 is 2.00 bits per heavy atom. The molecule has 0 unspecified atom stereocenters. The molecule has 4 rings (SSSR count). The number of hydrogen-bond acceptors (Lipinski definition) is 3. The van der Waals surface area contributed by atoms with Gasteiger partial charge >= 0.3 is 0 Å². The van der Waals surface area contributed by atoms with Crippen LogP contribution in [-0.4, -0.2) is 24.3 Å². The number of benzene rings is 2. The van der Waals surface area contributed by atoms with Crippen LogP contribution in [0, 0.1) is 5.82 Å². The van der Waals surface area contributed by atoms with Crippen LogP contribution >= 0.6 is 0 Å². The minimum atomic E-state index is -0.279. The first-order chi connectivity index (χ1) is 12.2. The predicted octanol–water partition coefficient (Wildman–Crippen LogP) is 3.69. The van der Waals surface area contributed by atoms with E-state index in [1.807, 2.05) is 23.1 Å². The van der Waals surface area contributed by atoms with E-state index in [-0.39, 0.29) is 17.8 Å². The minimum Gasteiger partial charge on any atom is -0.391 e. The summed E-state index contributed by atoms with van der Waals surface area (Å²) in [4.78, 5) is 20.1. The molecule has 0 aromatic heterocycles. The Labute approximate surface area is 145 Å². The molecule has 0 bridgehead atoms. The lowest BCUT2D eigenvalue weighted by Crippen LogP contribution is -2.37. The third kappa shape index (κ3) is 3.27. The van der Waals surface area contributed by atoms with Crippen molar-refractivity contribution in [2.75, 3.05) is 11.4 Å². The Bertz CT molecular complexity index is 817. The topological polar surface area (TPSA) is 41.9 Å². The van der Waals surface area contributed by atoms with Crippen LogP contribution in [0.3, 0.4) is 0 Å². The molecule has 0 spiro atoms. The molecule has 2 aliphatic rings. The Kier molecular flexibility index (Phi) is 4.22. The molecule has 128 valence electrons. The number of para-hydroxylation sites is 1. The summed E-state index contributed by atoms with van der Waals surface area (Å²) in [6.07, 6.45) is 2.58. The molecular formula is C20H19FN2O2. The summed E-state index contributed by atoms with van der Waals surface area (Å²) in [5, 5.41) is 4.08. The number of rotatable bonds is 3. The van der Waals surface area contributed by atoms with Gasteiger partial charge in [0.2, 0.25) is 5.91 Å². The zero-order valence-corrected chi connectivity index (χ0v) is 13.8. The van der Waals surface area contributed by atoms with Crippen molar-refractivity contribution in [1.82, 2.24) is 0 Å². The number of oxime groups is 1. The smallest absolute Gasteiger partial charge is 0.230 e. The molecular weight excluding hydrogens is 319 g/mol. The largest absolute Gasteiger partial charge is 0.391 e. The number of aryl methyl sites for hydroxylation is 1. The van der Waals surface area contributed by atoms with E-state index >= 15 is 0 Å². The molecule has 0 fully saturated rings. The molecule has 2 aromatic rings. The lowest BCUT2D eigenvalue weighted by molar-refractivity contribution is -0.121. The van der Waals surface area contributed by atoms with E-state index in [0.717, 1.165) is 36.3 Å². The van der Waals surface area contributed by atoms with Gasteiger partial charge in [0.05, 0.1) is 12.1 Å². The zero-order valence-electron chi connectivity index (χ0n) is 13.8. The molecule has 1 amide bonds. The molecule has 4 nitrogen and oxygen atoms in total. The van der Waals surface area contributed by atoms with E-state index in [4.69, 9.17) is 4.84 Å². The van der Waals surface area contributed by atoms with Crippen LogP contribution in [0.4, 0.5) is 10.1 Å². The summed E-state index contributed by atoms with van der Waals surface area (Å²) in [7, 11) is 0. The molecule has 2 aliphatic heterocycles. The van der Waals surface area contributed by atoms with Gasteiger partial charge in [0.25, 0.3) is 0 Å². The average molecular weight is 338 g/mol. The summed E-state index contributed by atoms with van der Waals surface area (Å²) in [6, 6.07) is 14.2. The summed E-state index contributed by atoms with van der Waals surface area (Å²) >= 11 is 0. The predicted molar refractivity (Wildman–Crippen MR) is 94.2 cm³/mol. The quantitative estimate of drug-likeness (QED) is 0.856. The molecule has 2 heterocycles. The molecule has 0 aliphatic carbocycles. The van der Waals surface area contributed by atoms with Crippen LogP contribution < -0.4 is 4.90 Å². The fourth-order valence-electron chi connectivity index (χ4n) is 3.45. The molecule has 1 atom stereocenters. The number of hydrogen-bond donors (Lipinski definition) is 0. The van der Waals surface area contributed by atoms with Crippen LogP contribution in [0.2, 0.25) is 0 Å².